The van der Waals surface area contributed by atoms with Gasteiger partial charge in [-0.25, -0.2) is 0 Å². The molecule has 2 saturated heterocycles. The molecule has 0 spiro atoms. The monoisotopic (exact) mass is 305 g/mol. The van der Waals surface area contributed by atoms with Gasteiger partial charge < -0.3 is 10.2 Å². The summed E-state index contributed by atoms with van der Waals surface area (Å²) in [5, 5.41) is 12.8. The van der Waals surface area contributed by atoms with Crippen molar-refractivity contribution >= 4 is 21.6 Å². The van der Waals surface area contributed by atoms with E-state index >= 15 is 0 Å². The van der Waals surface area contributed by atoms with Gasteiger partial charge in [0.15, 0.2) is 0 Å². The van der Waals surface area contributed by atoms with Crippen LogP contribution in [0.15, 0.2) is 22.7 Å². The fourth-order valence-corrected chi connectivity index (χ4v) is 3.79. The summed E-state index contributed by atoms with van der Waals surface area (Å²) in [7, 11) is 0. The lowest BCUT2D eigenvalue weighted by Gasteiger charge is -2.27. The smallest absolute Gasteiger partial charge is 0.103 e. The van der Waals surface area contributed by atoms with Crippen LogP contribution in [0.25, 0.3) is 0 Å². The first-order valence-corrected chi connectivity index (χ1v) is 7.17. The molecule has 2 heterocycles. The molecule has 1 aromatic carbocycles. The van der Waals surface area contributed by atoms with Crippen molar-refractivity contribution in [3.63, 3.8) is 0 Å². The Morgan fingerprint density at radius 1 is 1.44 bits per heavy atom. The van der Waals surface area contributed by atoms with Crippen molar-refractivity contribution in [2.24, 2.45) is 11.8 Å². The van der Waals surface area contributed by atoms with Crippen LogP contribution in [-0.4, -0.2) is 25.7 Å². The minimum absolute atomic E-state index is 0.506. The largest absolute Gasteiger partial charge is 0.367 e. The zero-order valence-electron chi connectivity index (χ0n) is 10.4. The molecule has 2 fully saturated rings. The van der Waals surface area contributed by atoms with Gasteiger partial charge in [0.25, 0.3) is 0 Å². The molecule has 0 amide bonds. The summed E-state index contributed by atoms with van der Waals surface area (Å²) in [5.41, 5.74) is 1.84. The maximum Gasteiger partial charge on any atom is 0.103 e. The molecule has 0 saturated carbocycles. The molecule has 0 bridgehead atoms. The molecule has 3 atom stereocenters. The van der Waals surface area contributed by atoms with Crippen molar-refractivity contribution < 1.29 is 0 Å². The first-order chi connectivity index (χ1) is 8.72. The first-order valence-electron chi connectivity index (χ1n) is 6.38. The fraction of sp³-hybridized carbons (Fsp3) is 0.500. The highest BCUT2D eigenvalue weighted by Gasteiger charge is 2.42. The lowest BCUT2D eigenvalue weighted by atomic mass is 9.95. The third kappa shape index (κ3) is 1.73. The molecular formula is C14H16BrN3. The summed E-state index contributed by atoms with van der Waals surface area (Å²) in [6.07, 6.45) is 0. The van der Waals surface area contributed by atoms with Crippen molar-refractivity contribution in [2.45, 2.75) is 13.0 Å². The van der Waals surface area contributed by atoms with Gasteiger partial charge in [-0.05, 0) is 46.8 Å². The summed E-state index contributed by atoms with van der Waals surface area (Å²) >= 11 is 3.47. The van der Waals surface area contributed by atoms with Crippen LogP contribution in [0.3, 0.4) is 0 Å². The molecule has 1 N–H and O–H groups in total. The second kappa shape index (κ2) is 4.56. The van der Waals surface area contributed by atoms with E-state index < -0.39 is 0 Å². The van der Waals surface area contributed by atoms with E-state index in [-0.39, 0.29) is 0 Å². The van der Waals surface area contributed by atoms with Gasteiger partial charge in [-0.2, -0.15) is 5.26 Å². The topological polar surface area (TPSA) is 39.1 Å². The lowest BCUT2D eigenvalue weighted by molar-refractivity contribution is 0.471. The van der Waals surface area contributed by atoms with E-state index in [4.69, 9.17) is 0 Å². The zero-order chi connectivity index (χ0) is 12.7. The number of hydrogen-bond acceptors (Lipinski definition) is 3. The Kier molecular flexibility index (Phi) is 3.04. The van der Waals surface area contributed by atoms with Gasteiger partial charge >= 0.3 is 0 Å². The molecule has 0 aromatic heterocycles. The Morgan fingerprint density at radius 3 is 3.00 bits per heavy atom. The van der Waals surface area contributed by atoms with E-state index in [1.807, 2.05) is 12.1 Å². The maximum absolute atomic E-state index is 9.33. The van der Waals surface area contributed by atoms with Crippen LogP contribution in [0, 0.1) is 23.2 Å². The van der Waals surface area contributed by atoms with Crippen LogP contribution in [0.1, 0.15) is 12.5 Å². The van der Waals surface area contributed by atoms with Gasteiger partial charge in [0.05, 0.1) is 11.3 Å². The van der Waals surface area contributed by atoms with Crippen LogP contribution >= 0.6 is 15.9 Å². The maximum atomic E-state index is 9.33. The van der Waals surface area contributed by atoms with Crippen LogP contribution < -0.4 is 10.2 Å². The summed E-state index contributed by atoms with van der Waals surface area (Å²) in [5.74, 6) is 1.45. The summed E-state index contributed by atoms with van der Waals surface area (Å²) in [6, 6.07) is 8.84. The third-order valence-corrected chi connectivity index (χ3v) is 5.01. The van der Waals surface area contributed by atoms with E-state index in [0.717, 1.165) is 47.2 Å². The van der Waals surface area contributed by atoms with Gasteiger partial charge in [-0.15, -0.1) is 0 Å². The molecule has 3 rings (SSSR count). The highest BCUT2D eigenvalue weighted by atomic mass is 79.9. The Balaban J connectivity index is 1.97. The van der Waals surface area contributed by atoms with E-state index in [1.54, 1.807) is 0 Å². The van der Waals surface area contributed by atoms with E-state index in [2.05, 4.69) is 45.2 Å². The number of nitrogens with zero attached hydrogens (tertiary/aromatic N) is 2. The van der Waals surface area contributed by atoms with Gasteiger partial charge in [0, 0.05) is 30.1 Å². The number of anilines is 1. The lowest BCUT2D eigenvalue weighted by Crippen LogP contribution is -2.33. The Hall–Kier alpha value is -1.05. The summed E-state index contributed by atoms with van der Waals surface area (Å²) in [4.78, 5) is 2.40. The predicted octanol–water partition coefficient (Wildman–Crippen LogP) is 2.36. The van der Waals surface area contributed by atoms with Crippen LogP contribution in [-0.2, 0) is 0 Å². The SMILES string of the molecule is CC1C2CNCC2CN1c1cccc(Br)c1C#N. The number of nitrogens with one attached hydrogen (secondary N) is 1. The molecule has 0 aliphatic carbocycles. The molecule has 3 unspecified atom stereocenters. The second-order valence-electron chi connectivity index (χ2n) is 5.22. The Bertz CT molecular complexity index is 508. The predicted molar refractivity (Wildman–Crippen MR) is 75.5 cm³/mol. The first kappa shape index (κ1) is 12.0. The van der Waals surface area contributed by atoms with Crippen LogP contribution in [0.2, 0.25) is 0 Å². The summed E-state index contributed by atoms with van der Waals surface area (Å²) < 4.78 is 0.893. The highest BCUT2D eigenvalue weighted by molar-refractivity contribution is 9.10. The van der Waals surface area contributed by atoms with Crippen LogP contribution in [0.5, 0.6) is 0 Å². The number of fused-ring (bicyclic) bond motifs is 1. The summed E-state index contributed by atoms with van der Waals surface area (Å²) in [6.45, 7) is 5.56. The van der Waals surface area contributed by atoms with Gasteiger partial charge in [-0.1, -0.05) is 6.07 Å². The van der Waals surface area contributed by atoms with Gasteiger partial charge in [0.1, 0.15) is 6.07 Å². The number of nitriles is 1. The molecule has 2 aliphatic heterocycles. The van der Waals surface area contributed by atoms with Crippen molar-refractivity contribution in [1.82, 2.24) is 5.32 Å². The van der Waals surface area contributed by atoms with Crippen molar-refractivity contribution in [3.05, 3.63) is 28.2 Å². The third-order valence-electron chi connectivity index (χ3n) is 4.35. The van der Waals surface area contributed by atoms with E-state index in [1.165, 1.54) is 0 Å². The van der Waals surface area contributed by atoms with Crippen molar-refractivity contribution in [2.75, 3.05) is 24.5 Å². The number of benzene rings is 1. The van der Waals surface area contributed by atoms with Gasteiger partial charge in [-0.3, -0.25) is 0 Å². The standard InChI is InChI=1S/C14H16BrN3/c1-9-12-7-17-6-10(12)8-18(9)14-4-2-3-13(15)11(14)5-16/h2-4,9-10,12,17H,6-8H2,1H3. The normalized spacial score (nSPS) is 30.3. The molecule has 1 aromatic rings. The number of halogens is 1. The highest BCUT2D eigenvalue weighted by Crippen LogP contribution is 2.38. The quantitative estimate of drug-likeness (QED) is 0.866. The van der Waals surface area contributed by atoms with E-state index in [0.29, 0.717) is 6.04 Å². The molecule has 18 heavy (non-hydrogen) atoms. The van der Waals surface area contributed by atoms with Crippen molar-refractivity contribution in [3.8, 4) is 6.07 Å². The molecule has 0 radical (unpaired) electrons. The number of rotatable bonds is 1. The average molecular weight is 306 g/mol. The van der Waals surface area contributed by atoms with Crippen molar-refractivity contribution in [1.29, 1.82) is 5.26 Å². The Morgan fingerprint density at radius 2 is 2.28 bits per heavy atom. The molecule has 3 nitrogen and oxygen atoms in total. The average Bonchev–Trinajstić information content (AvgIpc) is 2.92. The van der Waals surface area contributed by atoms with Gasteiger partial charge in [0.2, 0.25) is 0 Å². The zero-order valence-corrected chi connectivity index (χ0v) is 11.9. The molecule has 2 aliphatic rings. The van der Waals surface area contributed by atoms with Crippen LogP contribution in [0.4, 0.5) is 5.69 Å². The molecule has 94 valence electrons. The Labute approximate surface area is 116 Å². The van der Waals surface area contributed by atoms with E-state index in [9.17, 15) is 5.26 Å². The minimum Gasteiger partial charge on any atom is -0.367 e. The second-order valence-corrected chi connectivity index (χ2v) is 6.08. The fourth-order valence-electron chi connectivity index (χ4n) is 3.35. The molecule has 4 heteroatoms. The minimum atomic E-state index is 0.506. The number of hydrogen-bond donors (Lipinski definition) is 1. The molecular weight excluding hydrogens is 290 g/mol.